The Balaban J connectivity index is 1.46. The molecule has 3 aromatic rings. The molecule has 2 atom stereocenters. The van der Waals surface area contributed by atoms with E-state index >= 15 is 0 Å². The van der Waals surface area contributed by atoms with Gasteiger partial charge in [-0.3, -0.25) is 0 Å². The second-order valence-corrected chi connectivity index (χ2v) is 9.16. The van der Waals surface area contributed by atoms with Crippen molar-refractivity contribution in [3.05, 3.63) is 65.9 Å². The molecule has 1 N–H and O–H groups in total. The number of hydrogen-bond donors (Lipinski definition) is 1. The lowest BCUT2D eigenvalue weighted by atomic mass is 10.0. The van der Waals surface area contributed by atoms with Gasteiger partial charge in [0.05, 0.1) is 31.6 Å². The highest BCUT2D eigenvalue weighted by atomic mass is 16.5. The molecule has 2 amide bonds. The largest absolute Gasteiger partial charge is 0.497 e. The second-order valence-electron chi connectivity index (χ2n) is 9.16. The van der Waals surface area contributed by atoms with Crippen LogP contribution in [0, 0.1) is 0 Å². The van der Waals surface area contributed by atoms with E-state index in [0.29, 0.717) is 30.9 Å². The third-order valence-corrected chi connectivity index (χ3v) is 6.40. The predicted molar refractivity (Wildman–Crippen MR) is 136 cm³/mol. The van der Waals surface area contributed by atoms with E-state index in [1.54, 1.807) is 7.11 Å². The van der Waals surface area contributed by atoms with E-state index in [1.165, 1.54) is 0 Å². The number of fused-ring (bicyclic) bond motifs is 1. The maximum absolute atomic E-state index is 13.2. The number of nitrogens with zero attached hydrogens (tertiary/aromatic N) is 4. The van der Waals surface area contributed by atoms with Gasteiger partial charge in [-0.15, -0.1) is 0 Å². The van der Waals surface area contributed by atoms with Gasteiger partial charge >= 0.3 is 6.03 Å². The number of amides is 2. The number of rotatable bonds is 4. The molecule has 2 aliphatic rings. The molecule has 1 fully saturated rings. The van der Waals surface area contributed by atoms with Crippen LogP contribution in [0.4, 0.5) is 16.3 Å². The van der Waals surface area contributed by atoms with E-state index in [1.807, 2.05) is 59.5 Å². The van der Waals surface area contributed by atoms with Crippen LogP contribution >= 0.6 is 0 Å². The summed E-state index contributed by atoms with van der Waals surface area (Å²) in [5.74, 6) is 2.32. The summed E-state index contributed by atoms with van der Waals surface area (Å²) in [5, 5.41) is 3.00. The first-order valence-corrected chi connectivity index (χ1v) is 12.1. The molecule has 35 heavy (non-hydrogen) atoms. The third kappa shape index (κ3) is 5.07. The topological polar surface area (TPSA) is 79.8 Å². The Hall–Kier alpha value is -3.65. The Morgan fingerprint density at radius 2 is 1.83 bits per heavy atom. The molecule has 182 valence electrons. The number of carbonyl (C=O) groups is 1. The van der Waals surface area contributed by atoms with Crippen molar-refractivity contribution in [1.82, 2.24) is 14.9 Å². The van der Waals surface area contributed by atoms with Crippen LogP contribution in [0.3, 0.4) is 0 Å². The highest BCUT2D eigenvalue weighted by Gasteiger charge is 2.31. The molecule has 0 bridgehead atoms. The number of carbonyl (C=O) groups excluding carboxylic acids is 1. The van der Waals surface area contributed by atoms with Crippen LogP contribution in [0.25, 0.3) is 11.4 Å². The fraction of sp³-hybridized carbons (Fsp3) is 0.370. The zero-order valence-corrected chi connectivity index (χ0v) is 20.4. The number of nitrogens with one attached hydrogen (secondary N) is 1. The van der Waals surface area contributed by atoms with Crippen molar-refractivity contribution in [1.29, 1.82) is 0 Å². The van der Waals surface area contributed by atoms with Crippen LogP contribution < -0.4 is 15.0 Å². The molecule has 3 heterocycles. The zero-order chi connectivity index (χ0) is 24.4. The van der Waals surface area contributed by atoms with Gasteiger partial charge in [0.1, 0.15) is 11.6 Å². The van der Waals surface area contributed by atoms with E-state index < -0.39 is 0 Å². The molecule has 1 aromatic heterocycles. The van der Waals surface area contributed by atoms with Gasteiger partial charge in [0.25, 0.3) is 0 Å². The molecule has 1 saturated heterocycles. The molecule has 0 aliphatic carbocycles. The minimum atomic E-state index is -0.147. The van der Waals surface area contributed by atoms with Crippen LogP contribution in [-0.2, 0) is 17.7 Å². The minimum absolute atomic E-state index is 0.0978. The number of hydrogen-bond acceptors (Lipinski definition) is 6. The number of aromatic nitrogens is 2. The van der Waals surface area contributed by atoms with E-state index in [-0.39, 0.29) is 18.2 Å². The lowest BCUT2D eigenvalue weighted by Gasteiger charge is -2.39. The van der Waals surface area contributed by atoms with Crippen molar-refractivity contribution >= 4 is 17.5 Å². The Kier molecular flexibility index (Phi) is 6.55. The highest BCUT2D eigenvalue weighted by molar-refractivity contribution is 5.89. The van der Waals surface area contributed by atoms with Gasteiger partial charge in [-0.25, -0.2) is 14.8 Å². The van der Waals surface area contributed by atoms with Gasteiger partial charge in [0.2, 0.25) is 0 Å². The second kappa shape index (κ2) is 9.92. The van der Waals surface area contributed by atoms with Crippen LogP contribution in [0.5, 0.6) is 5.75 Å². The Morgan fingerprint density at radius 1 is 1.06 bits per heavy atom. The SMILES string of the molecule is COc1cccc(NC(=O)N2CCc3nc(-c4ccccc4)nc(N4CC(C)OC(C)C4)c3C2)c1. The molecule has 0 radical (unpaired) electrons. The highest BCUT2D eigenvalue weighted by Crippen LogP contribution is 2.31. The summed E-state index contributed by atoms with van der Waals surface area (Å²) in [5.41, 5.74) is 3.71. The summed E-state index contributed by atoms with van der Waals surface area (Å²) in [4.78, 5) is 27.2. The minimum Gasteiger partial charge on any atom is -0.497 e. The fourth-order valence-corrected chi connectivity index (χ4v) is 4.80. The first kappa shape index (κ1) is 23.1. The normalized spacial score (nSPS) is 19.7. The maximum atomic E-state index is 13.2. The van der Waals surface area contributed by atoms with Crippen molar-refractivity contribution in [2.24, 2.45) is 0 Å². The quantitative estimate of drug-likeness (QED) is 0.607. The van der Waals surface area contributed by atoms with Gasteiger partial charge in [-0.05, 0) is 26.0 Å². The summed E-state index contributed by atoms with van der Waals surface area (Å²) in [6.45, 7) is 6.71. The predicted octanol–water partition coefficient (Wildman–Crippen LogP) is 4.36. The molecule has 5 rings (SSSR count). The standard InChI is InChI=1S/C27H31N5O3/c1-18-15-32(16-19(2)35-18)26-23-17-31(27(33)28-21-10-7-11-22(14-21)34-3)13-12-24(23)29-25(30-26)20-8-5-4-6-9-20/h4-11,14,18-19H,12-13,15-17H2,1-3H3,(H,28,33). The lowest BCUT2D eigenvalue weighted by molar-refractivity contribution is -0.00556. The molecule has 0 spiro atoms. The molecule has 2 aliphatic heterocycles. The number of methoxy groups -OCH3 is 1. The Morgan fingerprint density at radius 3 is 2.57 bits per heavy atom. The van der Waals surface area contributed by atoms with Crippen molar-refractivity contribution in [2.75, 3.05) is 37.0 Å². The molecule has 8 heteroatoms. The van der Waals surface area contributed by atoms with Crippen molar-refractivity contribution in [2.45, 2.75) is 39.0 Å². The smallest absolute Gasteiger partial charge is 0.322 e. The van der Waals surface area contributed by atoms with Crippen molar-refractivity contribution in [3.63, 3.8) is 0 Å². The average molecular weight is 474 g/mol. The van der Waals surface area contributed by atoms with Crippen molar-refractivity contribution in [3.8, 4) is 17.1 Å². The summed E-state index contributed by atoms with van der Waals surface area (Å²) < 4.78 is 11.3. The Bertz CT molecular complexity index is 1190. The van der Waals surface area contributed by atoms with E-state index in [9.17, 15) is 4.79 Å². The van der Waals surface area contributed by atoms with E-state index in [4.69, 9.17) is 19.4 Å². The van der Waals surface area contributed by atoms with Gasteiger partial charge < -0.3 is 24.6 Å². The summed E-state index contributed by atoms with van der Waals surface area (Å²) in [7, 11) is 1.61. The van der Waals surface area contributed by atoms with E-state index in [0.717, 1.165) is 41.6 Å². The van der Waals surface area contributed by atoms with Gasteiger partial charge in [0, 0.05) is 48.9 Å². The van der Waals surface area contributed by atoms with Gasteiger partial charge in [-0.1, -0.05) is 36.4 Å². The monoisotopic (exact) mass is 473 g/mol. The van der Waals surface area contributed by atoms with Gasteiger partial charge in [-0.2, -0.15) is 0 Å². The first-order valence-electron chi connectivity index (χ1n) is 12.1. The van der Waals surface area contributed by atoms with Crippen LogP contribution in [0.1, 0.15) is 25.1 Å². The molecule has 8 nitrogen and oxygen atoms in total. The van der Waals surface area contributed by atoms with Crippen LogP contribution in [0.2, 0.25) is 0 Å². The van der Waals surface area contributed by atoms with Crippen molar-refractivity contribution < 1.29 is 14.3 Å². The number of morpholine rings is 1. The molecular weight excluding hydrogens is 442 g/mol. The van der Waals surface area contributed by atoms with Crippen LogP contribution in [0.15, 0.2) is 54.6 Å². The van der Waals surface area contributed by atoms with Gasteiger partial charge in [0.15, 0.2) is 5.82 Å². The maximum Gasteiger partial charge on any atom is 0.322 e. The molecule has 2 aromatic carbocycles. The summed E-state index contributed by atoms with van der Waals surface area (Å²) in [6, 6.07) is 17.3. The summed E-state index contributed by atoms with van der Waals surface area (Å²) in [6.07, 6.45) is 0.868. The molecule has 2 unspecified atom stereocenters. The number of anilines is 2. The number of benzene rings is 2. The molecule has 0 saturated carbocycles. The molecular formula is C27H31N5O3. The summed E-state index contributed by atoms with van der Waals surface area (Å²) >= 11 is 0. The number of urea groups is 1. The first-order chi connectivity index (χ1) is 17.0. The van der Waals surface area contributed by atoms with Crippen LogP contribution in [-0.4, -0.2) is 59.9 Å². The zero-order valence-electron chi connectivity index (χ0n) is 20.4. The number of ether oxygens (including phenoxy) is 2. The fourth-order valence-electron chi connectivity index (χ4n) is 4.80. The third-order valence-electron chi connectivity index (χ3n) is 6.40. The van der Waals surface area contributed by atoms with E-state index in [2.05, 4.69) is 24.1 Å². The lowest BCUT2D eigenvalue weighted by Crippen LogP contribution is -2.47. The Labute approximate surface area is 205 Å². The average Bonchev–Trinajstić information content (AvgIpc) is 2.87.